The molecule has 0 atom stereocenters. The third-order valence-electron chi connectivity index (χ3n) is 3.07. The van der Waals surface area contributed by atoms with Crippen LogP contribution in [0.1, 0.15) is 18.4 Å². The maximum Gasteiger partial charge on any atom is 0.140 e. The molecule has 0 amide bonds. The fourth-order valence-electron chi connectivity index (χ4n) is 1.87. The minimum absolute atomic E-state index is 0.00104. The van der Waals surface area contributed by atoms with E-state index in [4.69, 9.17) is 0 Å². The van der Waals surface area contributed by atoms with Crippen LogP contribution in [0.3, 0.4) is 0 Å². The molecule has 1 saturated carbocycles. The van der Waals surface area contributed by atoms with Gasteiger partial charge < -0.3 is 5.32 Å². The molecule has 5 heteroatoms. The molecular weight excluding hydrogens is 278 g/mol. The summed E-state index contributed by atoms with van der Waals surface area (Å²) in [5, 5.41) is 3.82. The maximum absolute atomic E-state index is 14.0. The zero-order valence-electron chi connectivity index (χ0n) is 10.8. The predicted molar refractivity (Wildman–Crippen MR) is 74.6 cm³/mol. The number of nitrogens with zero attached hydrogens (tertiary/aromatic N) is 1. The quantitative estimate of drug-likeness (QED) is 0.908. The number of benzene rings is 1. The van der Waals surface area contributed by atoms with Gasteiger partial charge in [0.2, 0.25) is 0 Å². The van der Waals surface area contributed by atoms with E-state index in [1.165, 1.54) is 12.1 Å². The standard InChI is InChI=1S/C15H14F2N2S/c16-12-7-10(9-19-11-4-5-11)8-13(17)15(12)20-14-3-1-2-6-18-14/h1-3,6-8,11,19H,4-5,9H2. The van der Waals surface area contributed by atoms with Crippen molar-refractivity contribution in [3.8, 4) is 0 Å². The number of aromatic nitrogens is 1. The van der Waals surface area contributed by atoms with Crippen molar-refractivity contribution in [2.45, 2.75) is 35.3 Å². The average Bonchev–Trinajstić information content (AvgIpc) is 3.26. The highest BCUT2D eigenvalue weighted by molar-refractivity contribution is 7.99. The highest BCUT2D eigenvalue weighted by Crippen LogP contribution is 2.31. The van der Waals surface area contributed by atoms with Crippen LogP contribution in [-0.4, -0.2) is 11.0 Å². The Balaban J connectivity index is 1.77. The van der Waals surface area contributed by atoms with Crippen LogP contribution < -0.4 is 5.32 Å². The van der Waals surface area contributed by atoms with Crippen LogP contribution in [0.25, 0.3) is 0 Å². The van der Waals surface area contributed by atoms with E-state index in [0.29, 0.717) is 23.2 Å². The van der Waals surface area contributed by atoms with Gasteiger partial charge in [-0.15, -0.1) is 0 Å². The van der Waals surface area contributed by atoms with E-state index < -0.39 is 11.6 Å². The van der Waals surface area contributed by atoms with Gasteiger partial charge in [-0.25, -0.2) is 13.8 Å². The third-order valence-corrected chi connectivity index (χ3v) is 4.12. The van der Waals surface area contributed by atoms with E-state index in [-0.39, 0.29) is 4.90 Å². The van der Waals surface area contributed by atoms with Crippen LogP contribution in [-0.2, 0) is 6.54 Å². The summed E-state index contributed by atoms with van der Waals surface area (Å²) >= 11 is 1.00. The van der Waals surface area contributed by atoms with Crippen molar-refractivity contribution in [2.75, 3.05) is 0 Å². The summed E-state index contributed by atoms with van der Waals surface area (Å²) in [4.78, 5) is 4.06. The van der Waals surface area contributed by atoms with E-state index in [1.54, 1.807) is 24.4 Å². The Kier molecular flexibility index (Phi) is 3.98. The molecular formula is C15H14F2N2S. The maximum atomic E-state index is 14.0. The third kappa shape index (κ3) is 3.35. The van der Waals surface area contributed by atoms with Crippen molar-refractivity contribution in [3.63, 3.8) is 0 Å². The first-order chi connectivity index (χ1) is 9.72. The van der Waals surface area contributed by atoms with E-state index in [9.17, 15) is 8.78 Å². The molecule has 0 unspecified atom stereocenters. The lowest BCUT2D eigenvalue weighted by Gasteiger charge is -2.08. The summed E-state index contributed by atoms with van der Waals surface area (Å²) in [5.74, 6) is -1.07. The predicted octanol–water partition coefficient (Wildman–Crippen LogP) is 3.76. The van der Waals surface area contributed by atoms with Gasteiger partial charge in [0.25, 0.3) is 0 Å². The average molecular weight is 292 g/mol. The molecule has 3 rings (SSSR count). The first-order valence-corrected chi connectivity index (χ1v) is 7.34. The van der Waals surface area contributed by atoms with Crippen molar-refractivity contribution >= 4 is 11.8 Å². The largest absolute Gasteiger partial charge is 0.310 e. The monoisotopic (exact) mass is 292 g/mol. The van der Waals surface area contributed by atoms with Gasteiger partial charge in [-0.2, -0.15) is 0 Å². The molecule has 1 aromatic heterocycles. The van der Waals surface area contributed by atoms with Gasteiger partial charge in [0.1, 0.15) is 16.7 Å². The lowest BCUT2D eigenvalue weighted by molar-refractivity contribution is 0.534. The highest BCUT2D eigenvalue weighted by Gasteiger charge is 2.20. The lowest BCUT2D eigenvalue weighted by Crippen LogP contribution is -2.15. The highest BCUT2D eigenvalue weighted by atomic mass is 32.2. The van der Waals surface area contributed by atoms with Crippen molar-refractivity contribution < 1.29 is 8.78 Å². The van der Waals surface area contributed by atoms with Gasteiger partial charge in [-0.3, -0.25) is 0 Å². The Hall–Kier alpha value is -1.46. The van der Waals surface area contributed by atoms with Gasteiger partial charge in [0.15, 0.2) is 0 Å². The topological polar surface area (TPSA) is 24.9 Å². The Bertz CT molecular complexity index is 577. The fraction of sp³-hybridized carbons (Fsp3) is 0.267. The van der Waals surface area contributed by atoms with Crippen molar-refractivity contribution in [1.82, 2.24) is 10.3 Å². The van der Waals surface area contributed by atoms with Gasteiger partial charge in [0, 0.05) is 18.8 Å². The molecule has 0 bridgehead atoms. The molecule has 0 spiro atoms. The Morgan fingerprint density at radius 3 is 2.55 bits per heavy atom. The smallest absolute Gasteiger partial charge is 0.140 e. The minimum Gasteiger partial charge on any atom is -0.310 e. The number of rotatable bonds is 5. The summed E-state index contributed by atoms with van der Waals surface area (Å²) in [6.07, 6.45) is 3.91. The van der Waals surface area contributed by atoms with Crippen LogP contribution in [0.4, 0.5) is 8.78 Å². The van der Waals surface area contributed by atoms with Crippen LogP contribution >= 0.6 is 11.8 Å². The minimum atomic E-state index is -0.534. The van der Waals surface area contributed by atoms with Crippen LogP contribution in [0, 0.1) is 11.6 Å². The molecule has 1 aromatic carbocycles. The summed E-state index contributed by atoms with van der Waals surface area (Å²) in [6.45, 7) is 0.507. The second-order valence-electron chi connectivity index (χ2n) is 4.81. The first kappa shape index (κ1) is 13.5. The number of pyridine rings is 1. The van der Waals surface area contributed by atoms with E-state index >= 15 is 0 Å². The zero-order chi connectivity index (χ0) is 13.9. The van der Waals surface area contributed by atoms with E-state index in [0.717, 1.165) is 24.6 Å². The molecule has 0 aliphatic heterocycles. The molecule has 1 fully saturated rings. The summed E-state index contributed by atoms with van der Waals surface area (Å²) < 4.78 is 28.0. The van der Waals surface area contributed by atoms with Crippen LogP contribution in [0.5, 0.6) is 0 Å². The second-order valence-corrected chi connectivity index (χ2v) is 5.84. The molecule has 0 radical (unpaired) electrons. The second kappa shape index (κ2) is 5.89. The lowest BCUT2D eigenvalue weighted by atomic mass is 10.2. The normalized spacial score (nSPS) is 14.5. The van der Waals surface area contributed by atoms with Crippen molar-refractivity contribution in [3.05, 3.63) is 53.7 Å². The van der Waals surface area contributed by atoms with Crippen molar-refractivity contribution in [2.24, 2.45) is 0 Å². The number of hydrogen-bond donors (Lipinski definition) is 1. The Morgan fingerprint density at radius 2 is 1.95 bits per heavy atom. The zero-order valence-corrected chi connectivity index (χ0v) is 11.6. The molecule has 1 heterocycles. The summed E-state index contributed by atoms with van der Waals surface area (Å²) in [7, 11) is 0. The van der Waals surface area contributed by atoms with Gasteiger partial charge in [-0.05, 0) is 42.7 Å². The van der Waals surface area contributed by atoms with Gasteiger partial charge >= 0.3 is 0 Å². The molecule has 1 N–H and O–H groups in total. The SMILES string of the molecule is Fc1cc(CNC2CC2)cc(F)c1Sc1ccccn1. The van der Waals surface area contributed by atoms with Crippen molar-refractivity contribution in [1.29, 1.82) is 0 Å². The number of halogens is 2. The van der Waals surface area contributed by atoms with E-state index in [2.05, 4.69) is 10.3 Å². The number of hydrogen-bond acceptors (Lipinski definition) is 3. The summed E-state index contributed by atoms with van der Waals surface area (Å²) in [6, 6.07) is 8.59. The Labute approximate surface area is 120 Å². The fourth-order valence-corrected chi connectivity index (χ4v) is 2.66. The molecule has 0 saturated heterocycles. The molecule has 2 aromatic rings. The molecule has 2 nitrogen and oxygen atoms in total. The van der Waals surface area contributed by atoms with Gasteiger partial charge in [0.05, 0.1) is 4.90 Å². The van der Waals surface area contributed by atoms with Crippen LogP contribution in [0.2, 0.25) is 0 Å². The first-order valence-electron chi connectivity index (χ1n) is 6.52. The molecule has 104 valence electrons. The van der Waals surface area contributed by atoms with Crippen LogP contribution in [0.15, 0.2) is 46.5 Å². The number of nitrogens with one attached hydrogen (secondary N) is 1. The molecule has 1 aliphatic rings. The molecule has 1 aliphatic carbocycles. The molecule has 20 heavy (non-hydrogen) atoms. The van der Waals surface area contributed by atoms with Gasteiger partial charge in [-0.1, -0.05) is 17.8 Å². The van der Waals surface area contributed by atoms with E-state index in [1.807, 2.05) is 0 Å². The summed E-state index contributed by atoms with van der Waals surface area (Å²) in [5.41, 5.74) is 0.636. The Morgan fingerprint density at radius 1 is 1.20 bits per heavy atom.